The maximum absolute atomic E-state index is 5.65. The maximum atomic E-state index is 5.65. The summed E-state index contributed by atoms with van der Waals surface area (Å²) < 4.78 is 5.65. The molecule has 1 saturated heterocycles. The first-order valence-corrected chi connectivity index (χ1v) is 5.60. The van der Waals surface area contributed by atoms with Crippen molar-refractivity contribution in [2.45, 2.75) is 45.3 Å². The zero-order valence-corrected chi connectivity index (χ0v) is 10.0. The lowest BCUT2D eigenvalue weighted by Gasteiger charge is -2.36. The molecule has 0 aliphatic carbocycles. The molecule has 1 aliphatic heterocycles. The van der Waals surface area contributed by atoms with Gasteiger partial charge in [-0.15, -0.1) is 0 Å². The molecule has 82 valence electrons. The Hall–Kier alpha value is -0.0500. The first-order valence-electron chi connectivity index (χ1n) is 5.17. The molecule has 0 aromatic heterocycles. The molecule has 3 heteroatoms. The second kappa shape index (κ2) is 5.15. The predicted molar refractivity (Wildman–Crippen MR) is 60.7 cm³/mol. The second-order valence-corrected chi connectivity index (χ2v) is 4.85. The van der Waals surface area contributed by atoms with Gasteiger partial charge in [0.1, 0.15) is 0 Å². The fourth-order valence-corrected chi connectivity index (χ4v) is 1.83. The molecular formula is C11H20ClNO. The first kappa shape index (κ1) is 12.0. The van der Waals surface area contributed by atoms with Gasteiger partial charge >= 0.3 is 0 Å². The molecule has 14 heavy (non-hydrogen) atoms. The minimum atomic E-state index is 0.0223. The third kappa shape index (κ3) is 3.99. The van der Waals surface area contributed by atoms with E-state index in [0.717, 1.165) is 26.0 Å². The van der Waals surface area contributed by atoms with E-state index in [2.05, 4.69) is 19.2 Å². The van der Waals surface area contributed by atoms with E-state index in [4.69, 9.17) is 16.3 Å². The van der Waals surface area contributed by atoms with Crippen molar-refractivity contribution in [1.29, 1.82) is 0 Å². The quantitative estimate of drug-likeness (QED) is 0.785. The summed E-state index contributed by atoms with van der Waals surface area (Å²) in [6, 6.07) is 0.560. The standard InChI is InChI=1S/C11H20ClNO/c1-9(7-12)8-13-10-4-5-14-11(2,3)6-10/h7,10,13H,4-6,8H2,1-3H3. The van der Waals surface area contributed by atoms with E-state index >= 15 is 0 Å². The van der Waals surface area contributed by atoms with Gasteiger partial charge in [0.05, 0.1) is 5.60 Å². The predicted octanol–water partition coefficient (Wildman–Crippen LogP) is 2.68. The monoisotopic (exact) mass is 217 g/mol. The van der Waals surface area contributed by atoms with Crippen LogP contribution in [0.25, 0.3) is 0 Å². The van der Waals surface area contributed by atoms with Crippen LogP contribution in [0.1, 0.15) is 33.6 Å². The molecule has 1 fully saturated rings. The van der Waals surface area contributed by atoms with E-state index in [0.29, 0.717) is 6.04 Å². The van der Waals surface area contributed by atoms with Gasteiger partial charge in [0, 0.05) is 24.7 Å². The minimum absolute atomic E-state index is 0.0223. The number of ether oxygens (including phenoxy) is 1. The molecule has 0 aromatic carbocycles. The molecule has 1 heterocycles. The van der Waals surface area contributed by atoms with Crippen LogP contribution < -0.4 is 5.32 Å². The van der Waals surface area contributed by atoms with Crippen LogP contribution in [0.15, 0.2) is 11.1 Å². The highest BCUT2D eigenvalue weighted by atomic mass is 35.5. The average Bonchev–Trinajstić information content (AvgIpc) is 2.12. The van der Waals surface area contributed by atoms with E-state index < -0.39 is 0 Å². The van der Waals surface area contributed by atoms with Crippen LogP contribution in [0.4, 0.5) is 0 Å². The van der Waals surface area contributed by atoms with Crippen LogP contribution in [0, 0.1) is 0 Å². The third-order valence-corrected chi connectivity index (χ3v) is 2.93. The van der Waals surface area contributed by atoms with Crippen LogP contribution in [0.2, 0.25) is 0 Å². The number of halogens is 1. The Kier molecular flexibility index (Phi) is 4.42. The van der Waals surface area contributed by atoms with E-state index in [9.17, 15) is 0 Å². The van der Waals surface area contributed by atoms with Crippen molar-refractivity contribution in [3.8, 4) is 0 Å². The van der Waals surface area contributed by atoms with E-state index in [1.165, 1.54) is 5.57 Å². The summed E-state index contributed by atoms with van der Waals surface area (Å²) in [7, 11) is 0. The number of hydrogen-bond acceptors (Lipinski definition) is 2. The zero-order chi connectivity index (χ0) is 10.6. The fraction of sp³-hybridized carbons (Fsp3) is 0.818. The van der Waals surface area contributed by atoms with Crippen molar-refractivity contribution >= 4 is 11.6 Å². The Balaban J connectivity index is 2.31. The van der Waals surface area contributed by atoms with Crippen LogP contribution in [-0.2, 0) is 4.74 Å². The van der Waals surface area contributed by atoms with Crippen LogP contribution in [-0.4, -0.2) is 24.8 Å². The normalized spacial score (nSPS) is 27.7. The van der Waals surface area contributed by atoms with E-state index in [1.54, 1.807) is 5.54 Å². The lowest BCUT2D eigenvalue weighted by atomic mass is 9.94. The topological polar surface area (TPSA) is 21.3 Å². The molecule has 2 nitrogen and oxygen atoms in total. The largest absolute Gasteiger partial charge is 0.375 e. The van der Waals surface area contributed by atoms with Crippen LogP contribution in [0.3, 0.4) is 0 Å². The summed E-state index contributed by atoms with van der Waals surface area (Å²) in [5, 5.41) is 3.50. The molecule has 0 amide bonds. The van der Waals surface area contributed by atoms with Crippen molar-refractivity contribution in [3.63, 3.8) is 0 Å². The Morgan fingerprint density at radius 3 is 2.93 bits per heavy atom. The van der Waals surface area contributed by atoms with Gasteiger partial charge in [-0.05, 0) is 39.2 Å². The highest BCUT2D eigenvalue weighted by Gasteiger charge is 2.28. The van der Waals surface area contributed by atoms with Crippen LogP contribution in [0.5, 0.6) is 0 Å². The summed E-state index contributed by atoms with van der Waals surface area (Å²) >= 11 is 5.60. The summed E-state index contributed by atoms with van der Waals surface area (Å²) in [5.74, 6) is 0. The van der Waals surface area contributed by atoms with Gasteiger partial charge in [-0.25, -0.2) is 0 Å². The highest BCUT2D eigenvalue weighted by molar-refractivity contribution is 6.25. The van der Waals surface area contributed by atoms with E-state index in [-0.39, 0.29) is 5.60 Å². The van der Waals surface area contributed by atoms with E-state index in [1.807, 2.05) is 6.92 Å². The van der Waals surface area contributed by atoms with Crippen molar-refractivity contribution < 1.29 is 4.74 Å². The Bertz CT molecular complexity index is 213. The Morgan fingerprint density at radius 2 is 2.36 bits per heavy atom. The molecule has 1 atom stereocenters. The molecule has 1 aliphatic rings. The van der Waals surface area contributed by atoms with Gasteiger partial charge < -0.3 is 10.1 Å². The van der Waals surface area contributed by atoms with Crippen LogP contribution >= 0.6 is 11.6 Å². The SMILES string of the molecule is CC(=CCl)CNC1CCOC(C)(C)C1. The van der Waals surface area contributed by atoms with Gasteiger partial charge in [0.25, 0.3) is 0 Å². The smallest absolute Gasteiger partial charge is 0.0641 e. The van der Waals surface area contributed by atoms with Crippen molar-refractivity contribution in [2.24, 2.45) is 0 Å². The lowest BCUT2D eigenvalue weighted by Crippen LogP contribution is -2.44. The Morgan fingerprint density at radius 1 is 1.64 bits per heavy atom. The molecule has 0 radical (unpaired) electrons. The van der Waals surface area contributed by atoms with Crippen molar-refractivity contribution in [3.05, 3.63) is 11.1 Å². The van der Waals surface area contributed by atoms with Gasteiger partial charge in [-0.1, -0.05) is 11.6 Å². The van der Waals surface area contributed by atoms with Gasteiger partial charge in [-0.3, -0.25) is 0 Å². The van der Waals surface area contributed by atoms with Gasteiger partial charge in [-0.2, -0.15) is 0 Å². The zero-order valence-electron chi connectivity index (χ0n) is 9.27. The first-order chi connectivity index (χ1) is 6.53. The van der Waals surface area contributed by atoms with Crippen molar-refractivity contribution in [2.75, 3.05) is 13.2 Å². The summed E-state index contributed by atoms with van der Waals surface area (Å²) in [4.78, 5) is 0. The Labute approximate surface area is 91.7 Å². The van der Waals surface area contributed by atoms with Gasteiger partial charge in [0.2, 0.25) is 0 Å². The summed E-state index contributed by atoms with van der Waals surface area (Å²) in [6.07, 6.45) is 2.17. The molecule has 0 saturated carbocycles. The second-order valence-electron chi connectivity index (χ2n) is 4.63. The number of nitrogens with one attached hydrogen (secondary N) is 1. The van der Waals surface area contributed by atoms with Crippen molar-refractivity contribution in [1.82, 2.24) is 5.32 Å². The maximum Gasteiger partial charge on any atom is 0.0641 e. The summed E-state index contributed by atoms with van der Waals surface area (Å²) in [5.41, 5.74) is 2.84. The third-order valence-electron chi connectivity index (χ3n) is 2.55. The molecule has 1 N–H and O–H groups in total. The highest BCUT2D eigenvalue weighted by Crippen LogP contribution is 2.23. The summed E-state index contributed by atoms with van der Waals surface area (Å²) in [6.45, 7) is 8.05. The molecule has 1 rings (SSSR count). The molecule has 0 bridgehead atoms. The number of hydrogen-bond donors (Lipinski definition) is 1. The molecule has 0 spiro atoms. The molecule has 1 unspecified atom stereocenters. The lowest BCUT2D eigenvalue weighted by molar-refractivity contribution is -0.0624. The van der Waals surface area contributed by atoms with Gasteiger partial charge in [0.15, 0.2) is 0 Å². The molecule has 0 aromatic rings. The average molecular weight is 218 g/mol. The number of rotatable bonds is 3. The minimum Gasteiger partial charge on any atom is -0.375 e. The molecular weight excluding hydrogens is 198 g/mol. The fourth-order valence-electron chi connectivity index (χ4n) is 1.75.